The number of halogens is 4. The number of methoxy groups -OCH3 is 1. The summed E-state index contributed by atoms with van der Waals surface area (Å²) in [6.07, 6.45) is -4.84. The minimum atomic E-state index is -4.52. The molecule has 0 radical (unpaired) electrons. The van der Waals surface area contributed by atoms with Crippen LogP contribution in [0.1, 0.15) is 6.42 Å². The normalized spacial score (nSPS) is 17.5. The molecule has 1 heterocycles. The number of carbonyl (C=O) groups is 2. The van der Waals surface area contributed by atoms with Gasteiger partial charge in [0.25, 0.3) is 0 Å². The van der Waals surface area contributed by atoms with Gasteiger partial charge in [0.05, 0.1) is 12.5 Å². The molecule has 1 N–H and O–H groups in total. The molecule has 0 aliphatic carbocycles. The highest BCUT2D eigenvalue weighted by molar-refractivity contribution is 5.97. The van der Waals surface area contributed by atoms with Crippen molar-refractivity contribution in [2.75, 3.05) is 38.7 Å². The molecular weight excluding hydrogens is 360 g/mol. The molecule has 1 aliphatic heterocycles. The Morgan fingerprint density at radius 2 is 2.08 bits per heavy atom. The van der Waals surface area contributed by atoms with E-state index in [0.717, 1.165) is 6.07 Å². The highest BCUT2D eigenvalue weighted by Gasteiger charge is 2.40. The first-order valence-electron chi connectivity index (χ1n) is 7.76. The fraction of sp³-hybridized carbons (Fsp3) is 0.500. The van der Waals surface area contributed by atoms with Crippen molar-refractivity contribution in [2.45, 2.75) is 12.6 Å². The average molecular weight is 378 g/mol. The van der Waals surface area contributed by atoms with Gasteiger partial charge in [-0.3, -0.25) is 9.59 Å². The van der Waals surface area contributed by atoms with Gasteiger partial charge in [0.1, 0.15) is 13.2 Å². The number of nitrogens with zero attached hydrogens (tertiary/aromatic N) is 1. The number of benzene rings is 1. The number of amides is 2. The summed E-state index contributed by atoms with van der Waals surface area (Å²) in [7, 11) is 1.47. The number of likely N-dealkylation sites (tertiary alicyclic amines) is 1. The Balaban J connectivity index is 1.93. The standard InChI is InChI=1S/C16H18F4N2O4/c1-25-4-5-26-13-3-2-11(7-12(13)17)21-15(24)10-6-14(23)22(8-10)9-16(18,19)20/h2-3,7,10H,4-6,8-9H2,1H3,(H,21,24). The third kappa shape index (κ3) is 5.58. The van der Waals surface area contributed by atoms with E-state index >= 15 is 0 Å². The Labute approximate surface area is 147 Å². The van der Waals surface area contributed by atoms with Crippen molar-refractivity contribution in [3.63, 3.8) is 0 Å². The number of rotatable bonds is 7. The summed E-state index contributed by atoms with van der Waals surface area (Å²) < 4.78 is 61.0. The Hall–Kier alpha value is -2.36. The smallest absolute Gasteiger partial charge is 0.406 e. The molecule has 0 saturated carbocycles. The van der Waals surface area contributed by atoms with E-state index in [1.807, 2.05) is 0 Å². The lowest BCUT2D eigenvalue weighted by atomic mass is 10.1. The van der Waals surface area contributed by atoms with Gasteiger partial charge in [-0.1, -0.05) is 0 Å². The molecule has 1 aromatic carbocycles. The van der Waals surface area contributed by atoms with Crippen molar-refractivity contribution in [3.8, 4) is 5.75 Å². The van der Waals surface area contributed by atoms with Crippen molar-refractivity contribution in [2.24, 2.45) is 5.92 Å². The van der Waals surface area contributed by atoms with Gasteiger partial charge in [-0.25, -0.2) is 4.39 Å². The molecule has 1 fully saturated rings. The van der Waals surface area contributed by atoms with Crippen LogP contribution in [0.3, 0.4) is 0 Å². The number of carbonyl (C=O) groups excluding carboxylic acids is 2. The van der Waals surface area contributed by atoms with Crippen molar-refractivity contribution >= 4 is 17.5 Å². The molecule has 0 bridgehead atoms. The zero-order chi connectivity index (χ0) is 19.3. The van der Waals surface area contributed by atoms with Gasteiger partial charge in [-0.15, -0.1) is 0 Å². The predicted octanol–water partition coefficient (Wildman–Crippen LogP) is 2.20. The molecule has 2 rings (SSSR count). The average Bonchev–Trinajstić information content (AvgIpc) is 2.89. The number of ether oxygens (including phenoxy) is 2. The topological polar surface area (TPSA) is 67.9 Å². The summed E-state index contributed by atoms with van der Waals surface area (Å²) in [4.78, 5) is 24.3. The fourth-order valence-electron chi connectivity index (χ4n) is 2.49. The first kappa shape index (κ1) is 20.0. The SMILES string of the molecule is COCCOc1ccc(NC(=O)C2CC(=O)N(CC(F)(F)F)C2)cc1F. The second-order valence-corrected chi connectivity index (χ2v) is 5.77. The second kappa shape index (κ2) is 8.35. The minimum Gasteiger partial charge on any atom is -0.488 e. The van der Waals surface area contributed by atoms with E-state index in [-0.39, 0.29) is 37.6 Å². The van der Waals surface area contributed by atoms with E-state index in [4.69, 9.17) is 9.47 Å². The quantitative estimate of drug-likeness (QED) is 0.584. The fourth-order valence-corrected chi connectivity index (χ4v) is 2.49. The summed E-state index contributed by atoms with van der Waals surface area (Å²) in [6, 6.07) is 3.74. The first-order valence-corrected chi connectivity index (χ1v) is 7.76. The highest BCUT2D eigenvalue weighted by Crippen LogP contribution is 2.26. The van der Waals surface area contributed by atoms with Crippen molar-refractivity contribution in [1.82, 2.24) is 4.90 Å². The van der Waals surface area contributed by atoms with Gasteiger partial charge in [-0.2, -0.15) is 13.2 Å². The van der Waals surface area contributed by atoms with Crippen LogP contribution in [0.2, 0.25) is 0 Å². The van der Waals surface area contributed by atoms with E-state index < -0.39 is 36.3 Å². The lowest BCUT2D eigenvalue weighted by molar-refractivity contribution is -0.157. The van der Waals surface area contributed by atoms with Gasteiger partial charge in [0, 0.05) is 31.8 Å². The number of hydrogen-bond donors (Lipinski definition) is 1. The lowest BCUT2D eigenvalue weighted by Gasteiger charge is -2.18. The van der Waals surface area contributed by atoms with Crippen molar-refractivity contribution in [3.05, 3.63) is 24.0 Å². The number of anilines is 1. The third-order valence-corrected chi connectivity index (χ3v) is 3.70. The van der Waals surface area contributed by atoms with Crippen molar-refractivity contribution in [1.29, 1.82) is 0 Å². The van der Waals surface area contributed by atoms with Gasteiger partial charge in [0.15, 0.2) is 11.6 Å². The lowest BCUT2D eigenvalue weighted by Crippen LogP contribution is -2.36. The van der Waals surface area contributed by atoms with E-state index in [1.54, 1.807) is 0 Å². The molecule has 0 aromatic heterocycles. The zero-order valence-corrected chi connectivity index (χ0v) is 13.9. The monoisotopic (exact) mass is 378 g/mol. The predicted molar refractivity (Wildman–Crippen MR) is 83.1 cm³/mol. The Bertz CT molecular complexity index is 666. The molecule has 10 heteroatoms. The van der Waals surface area contributed by atoms with E-state index in [2.05, 4.69) is 5.32 Å². The molecule has 1 unspecified atom stereocenters. The van der Waals surface area contributed by atoms with Crippen LogP contribution in [0, 0.1) is 11.7 Å². The Morgan fingerprint density at radius 1 is 1.35 bits per heavy atom. The van der Waals surface area contributed by atoms with Crippen LogP contribution < -0.4 is 10.1 Å². The highest BCUT2D eigenvalue weighted by atomic mass is 19.4. The van der Waals surface area contributed by atoms with Crippen molar-refractivity contribution < 1.29 is 36.6 Å². The number of hydrogen-bond acceptors (Lipinski definition) is 4. The van der Waals surface area contributed by atoms with Crippen LogP contribution >= 0.6 is 0 Å². The molecule has 1 aliphatic rings. The van der Waals surface area contributed by atoms with Crippen LogP contribution in [0.5, 0.6) is 5.75 Å². The van der Waals surface area contributed by atoms with Gasteiger partial charge in [0.2, 0.25) is 11.8 Å². The minimum absolute atomic E-state index is 0.0209. The maximum absolute atomic E-state index is 13.9. The molecule has 0 spiro atoms. The van der Waals surface area contributed by atoms with E-state index in [1.165, 1.54) is 19.2 Å². The molecule has 144 valence electrons. The van der Waals surface area contributed by atoms with Gasteiger partial charge >= 0.3 is 6.18 Å². The second-order valence-electron chi connectivity index (χ2n) is 5.77. The van der Waals surface area contributed by atoms with Crippen LogP contribution in [-0.4, -0.2) is 56.3 Å². The Morgan fingerprint density at radius 3 is 2.69 bits per heavy atom. The zero-order valence-electron chi connectivity index (χ0n) is 13.9. The summed E-state index contributed by atoms with van der Waals surface area (Å²) >= 11 is 0. The first-order chi connectivity index (χ1) is 12.2. The molecular formula is C16H18F4N2O4. The number of alkyl halides is 3. The third-order valence-electron chi connectivity index (χ3n) is 3.70. The molecule has 2 amide bonds. The number of nitrogens with one attached hydrogen (secondary N) is 1. The summed E-state index contributed by atoms with van der Waals surface area (Å²) in [5, 5.41) is 2.40. The molecule has 26 heavy (non-hydrogen) atoms. The van der Waals surface area contributed by atoms with Gasteiger partial charge < -0.3 is 19.7 Å². The molecule has 1 atom stereocenters. The molecule has 1 saturated heterocycles. The van der Waals surface area contributed by atoms with E-state index in [0.29, 0.717) is 4.90 Å². The molecule has 1 aromatic rings. The van der Waals surface area contributed by atoms with Crippen LogP contribution in [0.25, 0.3) is 0 Å². The van der Waals surface area contributed by atoms with E-state index in [9.17, 15) is 27.2 Å². The van der Waals surface area contributed by atoms with Crippen LogP contribution in [0.15, 0.2) is 18.2 Å². The maximum atomic E-state index is 13.9. The maximum Gasteiger partial charge on any atom is 0.406 e. The largest absolute Gasteiger partial charge is 0.488 e. The summed E-state index contributed by atoms with van der Waals surface area (Å²) in [5.74, 6) is -3.04. The Kier molecular flexibility index (Phi) is 6.41. The van der Waals surface area contributed by atoms with Gasteiger partial charge in [-0.05, 0) is 12.1 Å². The molecule has 6 nitrogen and oxygen atoms in total. The van der Waals surface area contributed by atoms with Crippen LogP contribution in [0.4, 0.5) is 23.2 Å². The summed E-state index contributed by atoms with van der Waals surface area (Å²) in [5.41, 5.74) is 0.119. The summed E-state index contributed by atoms with van der Waals surface area (Å²) in [6.45, 7) is -1.29. The van der Waals surface area contributed by atoms with Crippen LogP contribution in [-0.2, 0) is 14.3 Å².